The predicted molar refractivity (Wildman–Crippen MR) is 108 cm³/mol. The van der Waals surface area contributed by atoms with E-state index in [1.807, 2.05) is 19.1 Å². The minimum Gasteiger partial charge on any atom is -0.335 e. The normalized spacial score (nSPS) is 27.4. The number of benzene rings is 1. The van der Waals surface area contributed by atoms with Crippen molar-refractivity contribution < 1.29 is 13.2 Å². The topological polar surface area (TPSA) is 78.5 Å². The minimum absolute atomic E-state index is 0.189. The molecule has 2 atom stereocenters. The number of urea groups is 1. The summed E-state index contributed by atoms with van der Waals surface area (Å²) in [4.78, 5) is 12.5. The molecule has 1 heterocycles. The summed E-state index contributed by atoms with van der Waals surface area (Å²) in [6.07, 6.45) is 7.97. The Balaban J connectivity index is 1.40. The fraction of sp³-hybridized carbons (Fsp3) is 0.650. The molecular weight excluding hydrogens is 362 g/mol. The highest BCUT2D eigenvalue weighted by Gasteiger charge is 2.35. The van der Waals surface area contributed by atoms with Crippen LogP contribution in [0.5, 0.6) is 0 Å². The highest BCUT2D eigenvalue weighted by atomic mass is 32.2. The molecule has 0 radical (unpaired) electrons. The molecule has 0 unspecified atom stereocenters. The van der Waals surface area contributed by atoms with E-state index in [0.717, 1.165) is 30.2 Å². The Bertz CT molecular complexity index is 820. The van der Waals surface area contributed by atoms with Crippen molar-refractivity contribution in [1.82, 2.24) is 5.32 Å². The van der Waals surface area contributed by atoms with Gasteiger partial charge in [0.05, 0.1) is 11.4 Å². The lowest BCUT2D eigenvalue weighted by Gasteiger charge is -2.30. The van der Waals surface area contributed by atoms with Crippen LogP contribution in [0.25, 0.3) is 0 Å². The van der Waals surface area contributed by atoms with Gasteiger partial charge in [-0.25, -0.2) is 13.2 Å². The van der Waals surface area contributed by atoms with E-state index in [9.17, 15) is 13.2 Å². The monoisotopic (exact) mass is 391 g/mol. The first-order chi connectivity index (χ1) is 12.9. The highest BCUT2D eigenvalue weighted by Crippen LogP contribution is 2.43. The smallest absolute Gasteiger partial charge is 0.319 e. The fourth-order valence-corrected chi connectivity index (χ4v) is 6.19. The van der Waals surface area contributed by atoms with E-state index in [1.165, 1.54) is 30.0 Å². The molecule has 2 aliphatic carbocycles. The highest BCUT2D eigenvalue weighted by molar-refractivity contribution is 7.93. The molecule has 0 bridgehead atoms. The zero-order valence-corrected chi connectivity index (χ0v) is 16.7. The van der Waals surface area contributed by atoms with Gasteiger partial charge in [-0.15, -0.1) is 0 Å². The number of carbonyl (C=O) groups excluding carboxylic acids is 1. The van der Waals surface area contributed by atoms with Crippen molar-refractivity contribution in [2.45, 2.75) is 57.9 Å². The molecule has 1 aromatic carbocycles. The molecule has 7 heteroatoms. The van der Waals surface area contributed by atoms with Crippen molar-refractivity contribution in [3.05, 3.63) is 23.8 Å². The number of hydrogen-bond acceptors (Lipinski definition) is 3. The summed E-state index contributed by atoms with van der Waals surface area (Å²) in [5, 5.41) is 6.01. The molecular formula is C20H29N3O3S. The molecule has 1 aliphatic heterocycles. The Kier molecular flexibility index (Phi) is 5.05. The molecule has 3 fully saturated rings. The van der Waals surface area contributed by atoms with Crippen LogP contribution in [0, 0.1) is 18.8 Å². The van der Waals surface area contributed by atoms with Crippen LogP contribution >= 0.6 is 0 Å². The number of rotatable bonds is 4. The maximum Gasteiger partial charge on any atom is 0.319 e. The van der Waals surface area contributed by atoms with Crippen LogP contribution in [0.15, 0.2) is 18.2 Å². The van der Waals surface area contributed by atoms with Crippen LogP contribution < -0.4 is 14.9 Å². The van der Waals surface area contributed by atoms with Crippen LogP contribution in [0.4, 0.5) is 16.2 Å². The van der Waals surface area contributed by atoms with Gasteiger partial charge in [-0.2, -0.15) is 0 Å². The number of carbonyl (C=O) groups is 1. The Labute approximate surface area is 161 Å². The van der Waals surface area contributed by atoms with Gasteiger partial charge in [-0.05, 0) is 68.6 Å². The summed E-state index contributed by atoms with van der Waals surface area (Å²) in [6, 6.07) is 5.51. The third kappa shape index (κ3) is 4.23. The molecule has 6 nitrogen and oxygen atoms in total. The standard InChI is InChI=1S/C20H29N3O3S/c1-14-6-9-18(13-19(14)23-10-3-11-27(23,25)26)22-20(24)21-17-5-2-4-16(12-17)15-7-8-15/h6,9,13,15-17H,2-5,7-8,10-12H2,1H3,(H2,21,22,24)/t16-,17+/m1/s1. The first-order valence-electron chi connectivity index (χ1n) is 10.1. The molecule has 3 aliphatic rings. The second kappa shape index (κ2) is 7.34. The van der Waals surface area contributed by atoms with Crippen LogP contribution in [0.3, 0.4) is 0 Å². The Morgan fingerprint density at radius 3 is 2.63 bits per heavy atom. The molecule has 0 spiro atoms. The van der Waals surface area contributed by atoms with E-state index in [-0.39, 0.29) is 17.8 Å². The lowest BCUT2D eigenvalue weighted by atomic mass is 9.83. The molecule has 148 valence electrons. The number of hydrogen-bond donors (Lipinski definition) is 2. The van der Waals surface area contributed by atoms with Crippen LogP contribution in [-0.2, 0) is 10.0 Å². The third-order valence-electron chi connectivity index (χ3n) is 6.17. The van der Waals surface area contributed by atoms with Crippen LogP contribution in [-0.4, -0.2) is 32.8 Å². The zero-order valence-electron chi connectivity index (χ0n) is 15.9. The van der Waals surface area contributed by atoms with E-state index in [4.69, 9.17) is 0 Å². The van der Waals surface area contributed by atoms with Crippen molar-refractivity contribution >= 4 is 27.4 Å². The number of anilines is 2. The molecule has 27 heavy (non-hydrogen) atoms. The van der Waals surface area contributed by atoms with Gasteiger partial charge in [0.25, 0.3) is 0 Å². The van der Waals surface area contributed by atoms with E-state index < -0.39 is 10.0 Å². The van der Waals surface area contributed by atoms with E-state index in [0.29, 0.717) is 24.3 Å². The van der Waals surface area contributed by atoms with Crippen LogP contribution in [0.1, 0.15) is 50.5 Å². The summed E-state index contributed by atoms with van der Waals surface area (Å²) < 4.78 is 25.9. The molecule has 0 aromatic heterocycles. The fourth-order valence-electron chi connectivity index (χ4n) is 4.57. The summed E-state index contributed by atoms with van der Waals surface area (Å²) in [7, 11) is -3.23. The van der Waals surface area contributed by atoms with Gasteiger partial charge in [0.1, 0.15) is 0 Å². The first-order valence-corrected chi connectivity index (χ1v) is 11.7. The van der Waals surface area contributed by atoms with Crippen molar-refractivity contribution in [3.63, 3.8) is 0 Å². The second-order valence-corrected chi connectivity index (χ2v) is 10.3. The summed E-state index contributed by atoms with van der Waals surface area (Å²) >= 11 is 0. The van der Waals surface area contributed by atoms with E-state index in [1.54, 1.807) is 6.07 Å². The van der Waals surface area contributed by atoms with Gasteiger partial charge < -0.3 is 10.6 Å². The van der Waals surface area contributed by atoms with Crippen molar-refractivity contribution in [3.8, 4) is 0 Å². The van der Waals surface area contributed by atoms with Gasteiger partial charge in [0.15, 0.2) is 0 Å². The quantitative estimate of drug-likeness (QED) is 0.823. The Hall–Kier alpha value is -1.76. The SMILES string of the molecule is Cc1ccc(NC(=O)N[C@H]2CCC[C@@H](C3CC3)C2)cc1N1CCCS1(=O)=O. The maximum atomic E-state index is 12.5. The molecule has 2 saturated carbocycles. The van der Waals surface area contributed by atoms with E-state index >= 15 is 0 Å². The molecule has 2 N–H and O–H groups in total. The Morgan fingerprint density at radius 2 is 1.93 bits per heavy atom. The predicted octanol–water partition coefficient (Wildman–Crippen LogP) is 3.63. The summed E-state index contributed by atoms with van der Waals surface area (Å²) in [5.41, 5.74) is 2.19. The minimum atomic E-state index is -3.23. The Morgan fingerprint density at radius 1 is 1.11 bits per heavy atom. The van der Waals surface area contributed by atoms with Gasteiger partial charge in [-0.1, -0.05) is 18.9 Å². The number of nitrogens with one attached hydrogen (secondary N) is 2. The van der Waals surface area contributed by atoms with Gasteiger partial charge in [-0.3, -0.25) is 4.31 Å². The summed E-state index contributed by atoms with van der Waals surface area (Å²) in [5.74, 6) is 1.85. The second-order valence-electron chi connectivity index (χ2n) is 8.30. The maximum absolute atomic E-state index is 12.5. The van der Waals surface area contributed by atoms with Crippen LogP contribution in [0.2, 0.25) is 0 Å². The number of nitrogens with zero attached hydrogens (tertiary/aromatic N) is 1. The largest absolute Gasteiger partial charge is 0.335 e. The lowest BCUT2D eigenvalue weighted by molar-refractivity contribution is 0.230. The first kappa shape index (κ1) is 18.6. The van der Waals surface area contributed by atoms with Gasteiger partial charge >= 0.3 is 6.03 Å². The van der Waals surface area contributed by atoms with Crippen molar-refractivity contribution in [2.75, 3.05) is 21.9 Å². The van der Waals surface area contributed by atoms with Crippen molar-refractivity contribution in [2.24, 2.45) is 11.8 Å². The zero-order chi connectivity index (χ0) is 19.0. The third-order valence-corrected chi connectivity index (χ3v) is 8.03. The summed E-state index contributed by atoms with van der Waals surface area (Å²) in [6.45, 7) is 2.40. The molecule has 1 aromatic rings. The van der Waals surface area contributed by atoms with Gasteiger partial charge in [0, 0.05) is 18.3 Å². The molecule has 4 rings (SSSR count). The number of aryl methyl sites for hydroxylation is 1. The number of sulfonamides is 1. The average molecular weight is 392 g/mol. The van der Waals surface area contributed by atoms with Crippen molar-refractivity contribution in [1.29, 1.82) is 0 Å². The lowest BCUT2D eigenvalue weighted by Crippen LogP contribution is -2.41. The molecule has 2 amide bonds. The number of amides is 2. The molecule has 1 saturated heterocycles. The van der Waals surface area contributed by atoms with Gasteiger partial charge in [0.2, 0.25) is 10.0 Å². The average Bonchev–Trinajstić information content (AvgIpc) is 3.41. The van der Waals surface area contributed by atoms with E-state index in [2.05, 4.69) is 10.6 Å².